The third-order valence-corrected chi connectivity index (χ3v) is 5.88. The van der Waals surface area contributed by atoms with E-state index in [1.54, 1.807) is 15.9 Å². The predicted molar refractivity (Wildman–Crippen MR) is 118 cm³/mol. The normalized spacial score (nSPS) is 16.8. The Morgan fingerprint density at radius 2 is 1.77 bits per heavy atom. The molecule has 4 rings (SSSR count). The molecule has 0 atom stereocenters. The summed E-state index contributed by atoms with van der Waals surface area (Å²) in [7, 11) is 0. The number of hydrogen-bond donors (Lipinski definition) is 0. The Morgan fingerprint density at radius 1 is 1.10 bits per heavy atom. The topological polar surface area (TPSA) is 73.6 Å². The molecule has 160 valence electrons. The number of ether oxygens (including phenoxy) is 1. The lowest BCUT2D eigenvalue weighted by Crippen LogP contribution is -2.41. The molecule has 0 aromatic heterocycles. The fourth-order valence-electron chi connectivity index (χ4n) is 4.31. The van der Waals surface area contributed by atoms with E-state index >= 15 is 0 Å². The van der Waals surface area contributed by atoms with E-state index in [0.29, 0.717) is 36.7 Å². The number of likely N-dealkylation sites (tertiary alicyclic amines) is 1. The number of fused-ring (bicyclic) bond motifs is 1. The number of benzene rings is 2. The second kappa shape index (κ2) is 8.07. The van der Waals surface area contributed by atoms with Gasteiger partial charge in [0.1, 0.15) is 5.60 Å². The Bertz CT molecular complexity index is 1040. The molecule has 1 fully saturated rings. The summed E-state index contributed by atoms with van der Waals surface area (Å²) in [6, 6.07) is 15.6. The van der Waals surface area contributed by atoms with E-state index in [1.165, 1.54) is 5.56 Å². The van der Waals surface area contributed by atoms with Gasteiger partial charge in [-0.25, -0.2) is 4.79 Å². The Labute approximate surface area is 183 Å². The first-order valence-electron chi connectivity index (χ1n) is 10.7. The van der Waals surface area contributed by atoms with Crippen molar-refractivity contribution in [2.24, 2.45) is 0 Å². The Balaban J connectivity index is 1.41. The zero-order valence-electron chi connectivity index (χ0n) is 18.2. The summed E-state index contributed by atoms with van der Waals surface area (Å²) in [6.07, 6.45) is 1.53. The van der Waals surface area contributed by atoms with Crippen molar-refractivity contribution in [3.8, 4) is 6.07 Å². The van der Waals surface area contributed by atoms with Gasteiger partial charge in [0.05, 0.1) is 23.7 Å². The minimum Gasteiger partial charge on any atom is -0.444 e. The van der Waals surface area contributed by atoms with Crippen LogP contribution in [0.1, 0.15) is 66.6 Å². The SMILES string of the molecule is CC(C)(C)OC(=O)N1CCC(c2ccc(N3Cc4cccc(C#N)c4C3=O)cc2)CC1. The fourth-order valence-corrected chi connectivity index (χ4v) is 4.31. The summed E-state index contributed by atoms with van der Waals surface area (Å²) in [5, 5.41) is 9.31. The van der Waals surface area contributed by atoms with Gasteiger partial charge in [-0.1, -0.05) is 24.3 Å². The molecule has 0 N–H and O–H groups in total. The summed E-state index contributed by atoms with van der Waals surface area (Å²) in [5.41, 5.74) is 3.41. The molecule has 2 aliphatic rings. The highest BCUT2D eigenvalue weighted by Gasteiger charge is 2.31. The number of rotatable bonds is 2. The zero-order chi connectivity index (χ0) is 22.2. The predicted octanol–water partition coefficient (Wildman–Crippen LogP) is 4.83. The first kappa shape index (κ1) is 20.9. The van der Waals surface area contributed by atoms with Crippen molar-refractivity contribution in [1.29, 1.82) is 5.26 Å². The summed E-state index contributed by atoms with van der Waals surface area (Å²) in [4.78, 5) is 28.7. The van der Waals surface area contributed by atoms with Crippen molar-refractivity contribution < 1.29 is 14.3 Å². The molecule has 0 saturated carbocycles. The Morgan fingerprint density at radius 3 is 2.39 bits per heavy atom. The van der Waals surface area contributed by atoms with Crippen LogP contribution < -0.4 is 4.90 Å². The van der Waals surface area contributed by atoms with Gasteiger partial charge in [-0.05, 0) is 68.9 Å². The third kappa shape index (κ3) is 4.27. The molecule has 6 nitrogen and oxygen atoms in total. The van der Waals surface area contributed by atoms with Gasteiger partial charge in [0.2, 0.25) is 0 Å². The largest absolute Gasteiger partial charge is 0.444 e. The Kier molecular flexibility index (Phi) is 5.45. The molecular weight excluding hydrogens is 390 g/mol. The van der Waals surface area contributed by atoms with Crippen LogP contribution in [0.5, 0.6) is 0 Å². The number of nitrogens with zero attached hydrogens (tertiary/aromatic N) is 3. The minimum absolute atomic E-state index is 0.120. The van der Waals surface area contributed by atoms with E-state index in [1.807, 2.05) is 45.0 Å². The maximum absolute atomic E-state index is 12.9. The minimum atomic E-state index is -0.482. The molecule has 1 saturated heterocycles. The van der Waals surface area contributed by atoms with Crippen LogP contribution in [0.2, 0.25) is 0 Å². The van der Waals surface area contributed by atoms with E-state index in [4.69, 9.17) is 4.74 Å². The van der Waals surface area contributed by atoms with Crippen molar-refractivity contribution in [3.05, 3.63) is 64.7 Å². The highest BCUT2D eigenvalue weighted by molar-refractivity contribution is 6.11. The van der Waals surface area contributed by atoms with Gasteiger partial charge in [-0.3, -0.25) is 4.79 Å². The van der Waals surface area contributed by atoms with Gasteiger partial charge in [0.25, 0.3) is 5.91 Å². The van der Waals surface area contributed by atoms with Crippen molar-refractivity contribution in [2.75, 3.05) is 18.0 Å². The molecule has 0 unspecified atom stereocenters. The molecule has 2 aromatic carbocycles. The number of carbonyl (C=O) groups is 2. The van der Waals surface area contributed by atoms with Gasteiger partial charge in [-0.2, -0.15) is 5.26 Å². The average molecular weight is 418 g/mol. The fraction of sp³-hybridized carbons (Fsp3) is 0.400. The van der Waals surface area contributed by atoms with Gasteiger partial charge in [-0.15, -0.1) is 0 Å². The molecule has 2 aromatic rings. The second-order valence-electron chi connectivity index (χ2n) is 9.18. The van der Waals surface area contributed by atoms with Crippen LogP contribution >= 0.6 is 0 Å². The molecule has 31 heavy (non-hydrogen) atoms. The van der Waals surface area contributed by atoms with E-state index in [-0.39, 0.29) is 12.0 Å². The number of amides is 2. The first-order chi connectivity index (χ1) is 14.8. The van der Waals surface area contributed by atoms with Gasteiger partial charge in [0, 0.05) is 18.8 Å². The van der Waals surface area contributed by atoms with Crippen LogP contribution in [0, 0.1) is 11.3 Å². The third-order valence-electron chi connectivity index (χ3n) is 5.88. The number of nitriles is 1. The van der Waals surface area contributed by atoms with Crippen LogP contribution in [-0.2, 0) is 11.3 Å². The molecular formula is C25H27N3O3. The molecule has 0 radical (unpaired) electrons. The van der Waals surface area contributed by atoms with Crippen molar-refractivity contribution in [2.45, 2.75) is 51.7 Å². The van der Waals surface area contributed by atoms with Gasteiger partial charge in [0.15, 0.2) is 0 Å². The lowest BCUT2D eigenvalue weighted by molar-refractivity contribution is 0.0205. The van der Waals surface area contributed by atoms with Crippen LogP contribution in [0.4, 0.5) is 10.5 Å². The lowest BCUT2D eigenvalue weighted by Gasteiger charge is -2.33. The van der Waals surface area contributed by atoms with E-state index in [2.05, 4.69) is 18.2 Å². The lowest BCUT2D eigenvalue weighted by atomic mass is 9.89. The number of anilines is 1. The summed E-state index contributed by atoms with van der Waals surface area (Å²) in [5.74, 6) is 0.259. The standard InChI is InChI=1S/C25H27N3O3/c1-25(2,3)31-24(30)27-13-11-18(12-14-27)17-7-9-21(10-8-17)28-16-20-6-4-5-19(15-26)22(20)23(28)29/h4-10,18H,11-14,16H2,1-3H3. The summed E-state index contributed by atoms with van der Waals surface area (Å²) < 4.78 is 5.47. The van der Waals surface area contributed by atoms with Gasteiger partial charge >= 0.3 is 6.09 Å². The number of piperidine rings is 1. The average Bonchev–Trinajstić information content (AvgIpc) is 3.09. The maximum Gasteiger partial charge on any atom is 0.410 e. The number of hydrogen-bond acceptors (Lipinski definition) is 4. The molecule has 2 aliphatic heterocycles. The van der Waals surface area contributed by atoms with Crippen LogP contribution in [0.3, 0.4) is 0 Å². The molecule has 2 heterocycles. The summed E-state index contributed by atoms with van der Waals surface area (Å²) >= 11 is 0. The Hall–Kier alpha value is -3.33. The van der Waals surface area contributed by atoms with E-state index in [9.17, 15) is 14.9 Å². The zero-order valence-corrected chi connectivity index (χ0v) is 18.2. The molecule has 0 spiro atoms. The van der Waals surface area contributed by atoms with Gasteiger partial charge < -0.3 is 14.5 Å². The smallest absolute Gasteiger partial charge is 0.410 e. The second-order valence-corrected chi connectivity index (χ2v) is 9.18. The van der Waals surface area contributed by atoms with Crippen molar-refractivity contribution in [3.63, 3.8) is 0 Å². The highest BCUT2D eigenvalue weighted by atomic mass is 16.6. The molecule has 0 aliphatic carbocycles. The molecule has 2 amide bonds. The molecule has 0 bridgehead atoms. The van der Waals surface area contributed by atoms with Crippen LogP contribution in [0.15, 0.2) is 42.5 Å². The quantitative estimate of drug-likeness (QED) is 0.701. The monoisotopic (exact) mass is 417 g/mol. The van der Waals surface area contributed by atoms with E-state index < -0.39 is 5.60 Å². The first-order valence-corrected chi connectivity index (χ1v) is 10.7. The summed E-state index contributed by atoms with van der Waals surface area (Å²) in [6.45, 7) is 7.48. The van der Waals surface area contributed by atoms with Crippen LogP contribution in [0.25, 0.3) is 0 Å². The van der Waals surface area contributed by atoms with Crippen LogP contribution in [-0.4, -0.2) is 35.6 Å². The number of carbonyl (C=O) groups excluding carboxylic acids is 2. The van der Waals surface area contributed by atoms with Crippen molar-refractivity contribution in [1.82, 2.24) is 4.90 Å². The highest BCUT2D eigenvalue weighted by Crippen LogP contribution is 2.33. The van der Waals surface area contributed by atoms with Crippen molar-refractivity contribution >= 4 is 17.7 Å². The van der Waals surface area contributed by atoms with E-state index in [0.717, 1.165) is 24.1 Å². The maximum atomic E-state index is 12.9. The molecule has 6 heteroatoms.